The second-order valence-corrected chi connectivity index (χ2v) is 8.34. The second-order valence-electron chi connectivity index (χ2n) is 8.34. The maximum Gasteiger partial charge on any atom is 0.431 e. The fourth-order valence-electron chi connectivity index (χ4n) is 2.38. The van der Waals surface area contributed by atoms with Gasteiger partial charge in [0, 0.05) is 5.56 Å². The van der Waals surface area contributed by atoms with Crippen LogP contribution in [0.5, 0.6) is 0 Å². The molecule has 0 bridgehead atoms. The Kier molecular flexibility index (Phi) is 7.82. The minimum absolute atomic E-state index is 0.0519. The van der Waals surface area contributed by atoms with Crippen molar-refractivity contribution in [3.05, 3.63) is 35.9 Å². The zero-order chi connectivity index (χ0) is 23.2. The molecule has 9 heteroatoms. The van der Waals surface area contributed by atoms with Crippen molar-refractivity contribution < 1.29 is 28.6 Å². The van der Waals surface area contributed by atoms with Gasteiger partial charge < -0.3 is 14.2 Å². The van der Waals surface area contributed by atoms with E-state index in [4.69, 9.17) is 14.2 Å². The highest BCUT2D eigenvalue weighted by molar-refractivity contribution is 5.91. The lowest BCUT2D eigenvalue weighted by atomic mass is 9.90. The molecule has 0 aliphatic rings. The zero-order valence-electron chi connectivity index (χ0n) is 18.4. The molecule has 0 aliphatic heterocycles. The van der Waals surface area contributed by atoms with Gasteiger partial charge in [-0.1, -0.05) is 30.3 Å². The highest BCUT2D eigenvalue weighted by Gasteiger charge is 2.53. The number of nitrogens with zero attached hydrogens (tertiary/aromatic N) is 2. The van der Waals surface area contributed by atoms with Crippen LogP contribution in [0.25, 0.3) is 0 Å². The molecule has 0 radical (unpaired) electrons. The summed E-state index contributed by atoms with van der Waals surface area (Å²) >= 11 is 0. The second kappa shape index (κ2) is 9.48. The third kappa shape index (κ3) is 6.37. The summed E-state index contributed by atoms with van der Waals surface area (Å²) in [6.07, 6.45) is -2.18. The predicted octanol–water partition coefficient (Wildman–Crippen LogP) is 3.65. The van der Waals surface area contributed by atoms with Gasteiger partial charge >= 0.3 is 18.2 Å². The van der Waals surface area contributed by atoms with E-state index in [1.165, 1.54) is 12.1 Å². The number of ether oxygens (including phenoxy) is 3. The fourth-order valence-corrected chi connectivity index (χ4v) is 2.38. The molecule has 1 rings (SSSR count). The third-order valence-corrected chi connectivity index (χ3v) is 3.44. The van der Waals surface area contributed by atoms with Crippen molar-refractivity contribution in [1.82, 2.24) is 10.4 Å². The summed E-state index contributed by atoms with van der Waals surface area (Å²) in [5, 5.41) is 10.6. The third-order valence-electron chi connectivity index (χ3n) is 3.44. The summed E-state index contributed by atoms with van der Waals surface area (Å²) in [4.78, 5) is 38.5. The van der Waals surface area contributed by atoms with E-state index in [1.54, 1.807) is 66.7 Å². The van der Waals surface area contributed by atoms with Gasteiger partial charge in [0.25, 0.3) is 5.54 Å². The van der Waals surface area contributed by atoms with Gasteiger partial charge in [0.2, 0.25) is 0 Å². The van der Waals surface area contributed by atoms with Crippen molar-refractivity contribution in [3.63, 3.8) is 0 Å². The molecule has 0 saturated carbocycles. The van der Waals surface area contributed by atoms with Crippen molar-refractivity contribution in [1.29, 1.82) is 5.26 Å². The van der Waals surface area contributed by atoms with Crippen LogP contribution in [-0.2, 0) is 24.5 Å². The molecule has 1 aromatic rings. The average Bonchev–Trinajstić information content (AvgIpc) is 2.60. The number of carbonyl (C=O) groups excluding carboxylic acids is 3. The van der Waals surface area contributed by atoms with Gasteiger partial charge in [0.05, 0.1) is 6.61 Å². The number of carbonyl (C=O) groups is 3. The molecule has 0 aliphatic carbocycles. The molecule has 0 heterocycles. The lowest BCUT2D eigenvalue weighted by molar-refractivity contribution is -0.156. The molecule has 0 unspecified atom stereocenters. The van der Waals surface area contributed by atoms with Gasteiger partial charge in [-0.25, -0.2) is 19.8 Å². The Morgan fingerprint density at radius 2 is 1.53 bits per heavy atom. The number of nitriles is 1. The molecular weight excluding hydrogens is 390 g/mol. The van der Waals surface area contributed by atoms with Crippen molar-refractivity contribution >= 4 is 18.2 Å². The summed E-state index contributed by atoms with van der Waals surface area (Å²) in [5.41, 5.74) is -1.91. The first-order chi connectivity index (χ1) is 13.8. The van der Waals surface area contributed by atoms with Gasteiger partial charge in [-0.05, 0) is 48.5 Å². The molecule has 1 N–H and O–H groups in total. The smallest absolute Gasteiger partial charge is 0.431 e. The van der Waals surface area contributed by atoms with Crippen molar-refractivity contribution in [2.45, 2.75) is 65.2 Å². The molecule has 9 nitrogen and oxygen atoms in total. The summed E-state index contributed by atoms with van der Waals surface area (Å²) in [6.45, 7) is 11.2. The first-order valence-electron chi connectivity index (χ1n) is 9.43. The van der Waals surface area contributed by atoms with Crippen LogP contribution in [0.15, 0.2) is 30.3 Å². The van der Waals surface area contributed by atoms with Crippen LogP contribution in [0.2, 0.25) is 0 Å². The summed E-state index contributed by atoms with van der Waals surface area (Å²) in [7, 11) is 0. The van der Waals surface area contributed by atoms with Gasteiger partial charge in [0.1, 0.15) is 17.3 Å². The van der Waals surface area contributed by atoms with Crippen molar-refractivity contribution in [3.8, 4) is 6.07 Å². The molecule has 1 atom stereocenters. The Hall–Kier alpha value is -3.28. The quantitative estimate of drug-likeness (QED) is 0.449. The number of hydrogen-bond donors (Lipinski definition) is 1. The average molecular weight is 419 g/mol. The SMILES string of the molecule is CCOC(=O)[C@@](C#N)(c1ccccc1)N(NC(=O)OC(C)(C)C)C(=O)OC(C)(C)C. The lowest BCUT2D eigenvalue weighted by Gasteiger charge is -2.37. The molecule has 0 spiro atoms. The Morgan fingerprint density at radius 3 is 1.97 bits per heavy atom. The Morgan fingerprint density at radius 1 is 1.00 bits per heavy atom. The standard InChI is InChI=1S/C21H29N3O6/c1-8-28-16(25)21(14-22,15-12-10-9-11-13-15)24(18(27)30-20(5,6)7)23-17(26)29-19(2,3)4/h9-13H,8H2,1-7H3,(H,23,26)/t21-/m1/s1. The topological polar surface area (TPSA) is 118 Å². The monoisotopic (exact) mass is 419 g/mol. The maximum atomic E-state index is 13.0. The van der Waals surface area contributed by atoms with Crippen LogP contribution in [0.4, 0.5) is 9.59 Å². The van der Waals surface area contributed by atoms with Gasteiger partial charge in [-0.2, -0.15) is 10.3 Å². The van der Waals surface area contributed by atoms with E-state index >= 15 is 0 Å². The molecule has 0 saturated heterocycles. The normalized spacial score (nSPS) is 13.3. The first-order valence-corrected chi connectivity index (χ1v) is 9.43. The highest BCUT2D eigenvalue weighted by Crippen LogP contribution is 2.30. The molecule has 2 amide bonds. The first kappa shape index (κ1) is 24.8. The maximum absolute atomic E-state index is 13.0. The van der Waals surface area contributed by atoms with Crippen LogP contribution < -0.4 is 5.43 Å². The summed E-state index contributed by atoms with van der Waals surface area (Å²) < 4.78 is 15.6. The van der Waals surface area contributed by atoms with Gasteiger partial charge in [-0.3, -0.25) is 0 Å². The Labute approximate surface area is 176 Å². The zero-order valence-corrected chi connectivity index (χ0v) is 18.4. The van der Waals surface area contributed by atoms with E-state index < -0.39 is 34.9 Å². The van der Waals surface area contributed by atoms with Crippen LogP contribution in [0.1, 0.15) is 54.0 Å². The fraction of sp³-hybridized carbons (Fsp3) is 0.524. The van der Waals surface area contributed by atoms with E-state index in [2.05, 4.69) is 5.43 Å². The van der Waals surface area contributed by atoms with E-state index in [0.29, 0.717) is 5.01 Å². The number of hydrogen-bond acceptors (Lipinski definition) is 7. The van der Waals surface area contributed by atoms with Crippen LogP contribution in [-0.4, -0.2) is 41.0 Å². The van der Waals surface area contributed by atoms with Crippen molar-refractivity contribution in [2.24, 2.45) is 0 Å². The number of nitrogens with one attached hydrogen (secondary N) is 1. The van der Waals surface area contributed by atoms with E-state index in [1.807, 2.05) is 6.07 Å². The van der Waals surface area contributed by atoms with Crippen LogP contribution in [0, 0.1) is 11.3 Å². The molecule has 0 aromatic heterocycles. The van der Waals surface area contributed by atoms with E-state index in [-0.39, 0.29) is 12.2 Å². The number of benzene rings is 1. The Bertz CT molecular complexity index is 805. The van der Waals surface area contributed by atoms with Gasteiger partial charge in [0.15, 0.2) is 0 Å². The molecule has 0 fully saturated rings. The van der Waals surface area contributed by atoms with Crippen molar-refractivity contribution in [2.75, 3.05) is 6.61 Å². The molecular formula is C21H29N3O6. The Balaban J connectivity index is 3.62. The van der Waals surface area contributed by atoms with E-state index in [0.717, 1.165) is 0 Å². The lowest BCUT2D eigenvalue weighted by Crippen LogP contribution is -2.62. The number of esters is 1. The van der Waals surface area contributed by atoms with Crippen LogP contribution >= 0.6 is 0 Å². The molecule has 30 heavy (non-hydrogen) atoms. The molecule has 1 aromatic carbocycles. The number of rotatable bonds is 4. The highest BCUT2D eigenvalue weighted by atomic mass is 16.6. The minimum atomic E-state index is -2.35. The summed E-state index contributed by atoms with van der Waals surface area (Å²) in [6, 6.07) is 9.61. The number of hydrazine groups is 1. The van der Waals surface area contributed by atoms with E-state index in [9.17, 15) is 19.6 Å². The van der Waals surface area contributed by atoms with Gasteiger partial charge in [-0.15, -0.1) is 0 Å². The molecule has 164 valence electrons. The van der Waals surface area contributed by atoms with Crippen LogP contribution in [0.3, 0.4) is 0 Å². The summed E-state index contributed by atoms with van der Waals surface area (Å²) in [5.74, 6) is -1.05. The largest absolute Gasteiger partial charge is 0.463 e. The minimum Gasteiger partial charge on any atom is -0.463 e. The number of amides is 2. The predicted molar refractivity (Wildman–Crippen MR) is 108 cm³/mol.